The van der Waals surface area contributed by atoms with Gasteiger partial charge in [-0.1, -0.05) is 17.7 Å². The first-order valence-corrected chi connectivity index (χ1v) is 6.73. The van der Waals surface area contributed by atoms with Gasteiger partial charge in [0.15, 0.2) is 6.04 Å². The van der Waals surface area contributed by atoms with E-state index in [1.165, 1.54) is 7.11 Å². The number of rotatable bonds is 9. The number of carbonyl (C=O) groups is 2. The van der Waals surface area contributed by atoms with E-state index in [0.29, 0.717) is 13.0 Å². The second-order valence-electron chi connectivity index (χ2n) is 4.68. The maximum absolute atomic E-state index is 11.6. The molecule has 1 unspecified atom stereocenters. The standard InChI is InChI=1S/C15H21NO5/c1-11-5-7-12(8-6-11)21-9-3-4-14(17)16-13(10-20-2)15(18)19/h5-8,13H,3-4,9-10H2,1-2H3,(H,16,17)(H,18,19). The SMILES string of the molecule is COCC(NC(=O)CCCOc1ccc(C)cc1)C(=O)O. The highest BCUT2D eigenvalue weighted by Crippen LogP contribution is 2.11. The fourth-order valence-corrected chi connectivity index (χ4v) is 1.67. The second kappa shape index (κ2) is 8.97. The molecule has 6 nitrogen and oxygen atoms in total. The van der Waals surface area contributed by atoms with Crippen molar-refractivity contribution in [3.8, 4) is 5.75 Å². The van der Waals surface area contributed by atoms with Crippen LogP contribution in [0, 0.1) is 6.92 Å². The Bertz CT molecular complexity index is 458. The summed E-state index contributed by atoms with van der Waals surface area (Å²) in [7, 11) is 1.39. The third-order valence-corrected chi connectivity index (χ3v) is 2.80. The average Bonchev–Trinajstić information content (AvgIpc) is 2.45. The molecule has 0 aliphatic carbocycles. The van der Waals surface area contributed by atoms with Gasteiger partial charge in [0.05, 0.1) is 13.2 Å². The molecule has 1 atom stereocenters. The third kappa shape index (κ3) is 6.76. The molecule has 21 heavy (non-hydrogen) atoms. The Labute approximate surface area is 124 Å². The topological polar surface area (TPSA) is 84.9 Å². The molecule has 0 aliphatic rings. The molecule has 0 saturated carbocycles. The first-order valence-electron chi connectivity index (χ1n) is 6.73. The zero-order valence-corrected chi connectivity index (χ0v) is 12.3. The fourth-order valence-electron chi connectivity index (χ4n) is 1.67. The van der Waals surface area contributed by atoms with Gasteiger partial charge in [0.1, 0.15) is 5.75 Å². The van der Waals surface area contributed by atoms with Crippen molar-refractivity contribution < 1.29 is 24.2 Å². The summed E-state index contributed by atoms with van der Waals surface area (Å²) in [5.74, 6) is -0.683. The molecule has 0 aliphatic heterocycles. The monoisotopic (exact) mass is 295 g/mol. The van der Waals surface area contributed by atoms with Crippen LogP contribution < -0.4 is 10.1 Å². The van der Waals surface area contributed by atoms with Gasteiger partial charge in [-0.15, -0.1) is 0 Å². The number of methoxy groups -OCH3 is 1. The number of aryl methyl sites for hydroxylation is 1. The molecule has 0 heterocycles. The van der Waals surface area contributed by atoms with Crippen molar-refractivity contribution in [2.45, 2.75) is 25.8 Å². The molecule has 1 amide bonds. The summed E-state index contributed by atoms with van der Waals surface area (Å²) in [5.41, 5.74) is 1.15. The van der Waals surface area contributed by atoms with Crippen LogP contribution in [0.15, 0.2) is 24.3 Å². The molecule has 6 heteroatoms. The van der Waals surface area contributed by atoms with Crippen LogP contribution >= 0.6 is 0 Å². The molecule has 2 N–H and O–H groups in total. The number of hydrogen-bond donors (Lipinski definition) is 2. The maximum atomic E-state index is 11.6. The predicted octanol–water partition coefficient (Wildman–Crippen LogP) is 1.37. The molecular formula is C15H21NO5. The van der Waals surface area contributed by atoms with Crippen molar-refractivity contribution in [2.24, 2.45) is 0 Å². The summed E-state index contributed by atoms with van der Waals surface area (Å²) in [6.45, 7) is 2.34. The normalized spacial score (nSPS) is 11.7. The van der Waals surface area contributed by atoms with Crippen LogP contribution in [-0.2, 0) is 14.3 Å². The number of nitrogens with one attached hydrogen (secondary N) is 1. The summed E-state index contributed by atoms with van der Waals surface area (Å²) in [6.07, 6.45) is 0.721. The minimum atomic E-state index is -1.11. The van der Waals surface area contributed by atoms with Gasteiger partial charge >= 0.3 is 5.97 Å². The number of ether oxygens (including phenoxy) is 2. The van der Waals surface area contributed by atoms with Crippen LogP contribution in [0.5, 0.6) is 5.75 Å². The van der Waals surface area contributed by atoms with Gasteiger partial charge in [0.2, 0.25) is 5.91 Å². The van der Waals surface area contributed by atoms with E-state index in [4.69, 9.17) is 14.6 Å². The number of aliphatic carboxylic acids is 1. The lowest BCUT2D eigenvalue weighted by atomic mass is 10.2. The average molecular weight is 295 g/mol. The molecule has 1 aromatic carbocycles. The van der Waals surface area contributed by atoms with Crippen LogP contribution in [0.3, 0.4) is 0 Å². The highest BCUT2D eigenvalue weighted by Gasteiger charge is 2.19. The molecule has 0 spiro atoms. The van der Waals surface area contributed by atoms with Crippen molar-refractivity contribution in [2.75, 3.05) is 20.3 Å². The number of benzene rings is 1. The lowest BCUT2D eigenvalue weighted by molar-refractivity contribution is -0.143. The largest absolute Gasteiger partial charge is 0.494 e. The smallest absolute Gasteiger partial charge is 0.328 e. The van der Waals surface area contributed by atoms with E-state index in [1.54, 1.807) is 0 Å². The molecule has 0 bridgehead atoms. The minimum Gasteiger partial charge on any atom is -0.494 e. The van der Waals surface area contributed by atoms with Crippen LogP contribution in [0.4, 0.5) is 0 Å². The van der Waals surface area contributed by atoms with Crippen LogP contribution in [-0.4, -0.2) is 43.3 Å². The van der Waals surface area contributed by atoms with Crippen molar-refractivity contribution in [3.63, 3.8) is 0 Å². The number of carboxylic acid groups (broad SMARTS) is 1. The molecule has 0 fully saturated rings. The van der Waals surface area contributed by atoms with Crippen LogP contribution in [0.2, 0.25) is 0 Å². The Morgan fingerprint density at radius 1 is 1.29 bits per heavy atom. The van der Waals surface area contributed by atoms with Gasteiger partial charge in [-0.3, -0.25) is 4.79 Å². The molecular weight excluding hydrogens is 274 g/mol. The van der Waals surface area contributed by atoms with E-state index in [2.05, 4.69) is 5.32 Å². The lowest BCUT2D eigenvalue weighted by Gasteiger charge is -2.13. The van der Waals surface area contributed by atoms with E-state index in [9.17, 15) is 9.59 Å². The zero-order valence-electron chi connectivity index (χ0n) is 12.3. The number of carboxylic acids is 1. The van der Waals surface area contributed by atoms with Gasteiger partial charge in [-0.2, -0.15) is 0 Å². The Hall–Kier alpha value is -2.08. The highest BCUT2D eigenvalue weighted by atomic mass is 16.5. The van der Waals surface area contributed by atoms with Gasteiger partial charge in [0.25, 0.3) is 0 Å². The first kappa shape index (κ1) is 17.0. The summed E-state index contributed by atoms with van der Waals surface area (Å²) >= 11 is 0. The van der Waals surface area contributed by atoms with Crippen molar-refractivity contribution >= 4 is 11.9 Å². The Morgan fingerprint density at radius 3 is 2.52 bits per heavy atom. The molecule has 1 aromatic rings. The Balaban J connectivity index is 2.23. The number of carbonyl (C=O) groups excluding carboxylic acids is 1. The predicted molar refractivity (Wildman–Crippen MR) is 77.4 cm³/mol. The summed E-state index contributed by atoms with van der Waals surface area (Å²) < 4.78 is 10.2. The lowest BCUT2D eigenvalue weighted by Crippen LogP contribution is -2.43. The highest BCUT2D eigenvalue weighted by molar-refractivity contribution is 5.83. The van der Waals surface area contributed by atoms with Crippen molar-refractivity contribution in [1.82, 2.24) is 5.32 Å². The van der Waals surface area contributed by atoms with E-state index in [-0.39, 0.29) is 18.9 Å². The van der Waals surface area contributed by atoms with E-state index >= 15 is 0 Å². The Kier molecular flexibility index (Phi) is 7.25. The van der Waals surface area contributed by atoms with Gasteiger partial charge in [-0.05, 0) is 25.5 Å². The van der Waals surface area contributed by atoms with Crippen LogP contribution in [0.25, 0.3) is 0 Å². The van der Waals surface area contributed by atoms with Crippen molar-refractivity contribution in [1.29, 1.82) is 0 Å². The molecule has 0 radical (unpaired) electrons. The molecule has 116 valence electrons. The molecule has 1 rings (SSSR count). The van der Waals surface area contributed by atoms with E-state index in [0.717, 1.165) is 11.3 Å². The Morgan fingerprint density at radius 2 is 1.95 bits per heavy atom. The van der Waals surface area contributed by atoms with Crippen molar-refractivity contribution in [3.05, 3.63) is 29.8 Å². The fraction of sp³-hybridized carbons (Fsp3) is 0.467. The second-order valence-corrected chi connectivity index (χ2v) is 4.68. The molecule has 0 aromatic heterocycles. The number of hydrogen-bond acceptors (Lipinski definition) is 4. The maximum Gasteiger partial charge on any atom is 0.328 e. The van der Waals surface area contributed by atoms with Gasteiger partial charge < -0.3 is 19.9 Å². The van der Waals surface area contributed by atoms with E-state index in [1.807, 2.05) is 31.2 Å². The summed E-state index contributed by atoms with van der Waals surface area (Å²) in [5, 5.41) is 11.3. The molecule has 0 saturated heterocycles. The van der Waals surface area contributed by atoms with Crippen LogP contribution in [0.1, 0.15) is 18.4 Å². The van der Waals surface area contributed by atoms with Gasteiger partial charge in [-0.25, -0.2) is 4.79 Å². The van der Waals surface area contributed by atoms with Gasteiger partial charge in [0, 0.05) is 13.5 Å². The third-order valence-electron chi connectivity index (χ3n) is 2.80. The zero-order chi connectivity index (χ0) is 15.7. The quantitative estimate of drug-likeness (QED) is 0.672. The number of amides is 1. The summed E-state index contributed by atoms with van der Waals surface area (Å²) in [4.78, 5) is 22.5. The minimum absolute atomic E-state index is 0.0546. The first-order chi connectivity index (χ1) is 10.0. The summed E-state index contributed by atoms with van der Waals surface area (Å²) in [6, 6.07) is 6.62. The van der Waals surface area contributed by atoms with E-state index < -0.39 is 12.0 Å².